The van der Waals surface area contributed by atoms with Crippen LogP contribution < -0.4 is 5.73 Å². The number of rotatable bonds is 3. The van der Waals surface area contributed by atoms with E-state index in [1.165, 1.54) is 24.3 Å². The van der Waals surface area contributed by atoms with Crippen LogP contribution in [0.15, 0.2) is 24.3 Å². The molecule has 0 saturated carbocycles. The third kappa shape index (κ3) is 2.53. The van der Waals surface area contributed by atoms with Crippen molar-refractivity contribution in [2.24, 2.45) is 5.73 Å². The van der Waals surface area contributed by atoms with Gasteiger partial charge < -0.3 is 10.5 Å². The molecule has 0 aliphatic carbocycles. The molecular formula is C10H12FNO2. The van der Waals surface area contributed by atoms with Crippen LogP contribution in [0.4, 0.5) is 4.39 Å². The first-order valence-corrected chi connectivity index (χ1v) is 4.33. The van der Waals surface area contributed by atoms with Crippen LogP contribution >= 0.6 is 0 Å². The lowest BCUT2D eigenvalue weighted by Crippen LogP contribution is -2.23. The summed E-state index contributed by atoms with van der Waals surface area (Å²) in [5.74, 6) is -0.857. The Hall–Kier alpha value is -1.42. The van der Waals surface area contributed by atoms with Crippen molar-refractivity contribution in [2.75, 3.05) is 6.61 Å². The highest BCUT2D eigenvalue weighted by Crippen LogP contribution is 2.12. The predicted molar refractivity (Wildman–Crippen MR) is 50.0 cm³/mol. The minimum atomic E-state index is -0.837. The van der Waals surface area contributed by atoms with E-state index in [-0.39, 0.29) is 12.4 Å². The highest BCUT2D eigenvalue weighted by Gasteiger charge is 2.16. The zero-order valence-corrected chi connectivity index (χ0v) is 7.87. The molecular weight excluding hydrogens is 185 g/mol. The number of carbonyl (C=O) groups excluding carboxylic acids is 1. The van der Waals surface area contributed by atoms with E-state index >= 15 is 0 Å². The van der Waals surface area contributed by atoms with Crippen LogP contribution in [0.1, 0.15) is 18.5 Å². The number of carbonyl (C=O) groups is 1. The van der Waals surface area contributed by atoms with Crippen LogP contribution in [0, 0.1) is 5.82 Å². The van der Waals surface area contributed by atoms with Gasteiger partial charge in [0.05, 0.1) is 6.61 Å². The molecule has 0 aliphatic rings. The van der Waals surface area contributed by atoms with Crippen molar-refractivity contribution >= 4 is 5.97 Å². The minimum absolute atomic E-state index is 0.285. The van der Waals surface area contributed by atoms with Gasteiger partial charge in [-0.15, -0.1) is 0 Å². The van der Waals surface area contributed by atoms with E-state index in [1.54, 1.807) is 6.92 Å². The second-order valence-corrected chi connectivity index (χ2v) is 2.78. The molecule has 1 rings (SSSR count). The molecule has 0 aliphatic heterocycles. The van der Waals surface area contributed by atoms with Gasteiger partial charge in [-0.3, -0.25) is 0 Å². The van der Waals surface area contributed by atoms with E-state index in [4.69, 9.17) is 10.5 Å². The summed E-state index contributed by atoms with van der Waals surface area (Å²) in [7, 11) is 0. The molecule has 4 heteroatoms. The van der Waals surface area contributed by atoms with Crippen molar-refractivity contribution in [1.29, 1.82) is 0 Å². The van der Waals surface area contributed by atoms with Crippen molar-refractivity contribution in [3.8, 4) is 0 Å². The lowest BCUT2D eigenvalue weighted by Gasteiger charge is -2.10. The molecule has 0 spiro atoms. The highest BCUT2D eigenvalue weighted by molar-refractivity contribution is 5.77. The summed E-state index contributed by atoms with van der Waals surface area (Å²) in [5.41, 5.74) is 6.12. The van der Waals surface area contributed by atoms with Gasteiger partial charge in [0, 0.05) is 0 Å². The fourth-order valence-corrected chi connectivity index (χ4v) is 1.04. The minimum Gasteiger partial charge on any atom is -0.465 e. The standard InChI is InChI=1S/C10H12FNO2/c1-2-14-10(13)9(12)7-3-5-8(11)6-4-7/h3-6,9H,2,12H2,1H3/t9-/m0/s1. The van der Waals surface area contributed by atoms with Gasteiger partial charge in [0.2, 0.25) is 0 Å². The van der Waals surface area contributed by atoms with Crippen molar-refractivity contribution in [3.63, 3.8) is 0 Å². The van der Waals surface area contributed by atoms with Gasteiger partial charge in [0.25, 0.3) is 0 Å². The molecule has 1 atom stereocenters. The molecule has 76 valence electrons. The summed E-state index contributed by atoms with van der Waals surface area (Å²) in [6.07, 6.45) is 0. The fraction of sp³-hybridized carbons (Fsp3) is 0.300. The van der Waals surface area contributed by atoms with Gasteiger partial charge >= 0.3 is 5.97 Å². The normalized spacial score (nSPS) is 12.2. The Balaban J connectivity index is 2.73. The molecule has 0 amide bonds. The molecule has 0 heterocycles. The quantitative estimate of drug-likeness (QED) is 0.745. The number of esters is 1. The second-order valence-electron chi connectivity index (χ2n) is 2.78. The Morgan fingerprint density at radius 2 is 2.07 bits per heavy atom. The van der Waals surface area contributed by atoms with E-state index in [2.05, 4.69) is 0 Å². The molecule has 0 saturated heterocycles. The maximum Gasteiger partial charge on any atom is 0.327 e. The molecule has 2 N–H and O–H groups in total. The Labute approximate surface area is 81.7 Å². The molecule has 0 bridgehead atoms. The Morgan fingerprint density at radius 3 is 2.57 bits per heavy atom. The number of benzene rings is 1. The summed E-state index contributed by atoms with van der Waals surface area (Å²) in [4.78, 5) is 11.2. The first-order chi connectivity index (χ1) is 6.65. The number of halogens is 1. The monoisotopic (exact) mass is 197 g/mol. The molecule has 0 unspecified atom stereocenters. The first-order valence-electron chi connectivity index (χ1n) is 4.33. The van der Waals surface area contributed by atoms with Crippen molar-refractivity contribution in [2.45, 2.75) is 13.0 Å². The van der Waals surface area contributed by atoms with Crippen molar-refractivity contribution in [1.82, 2.24) is 0 Å². The van der Waals surface area contributed by atoms with E-state index in [0.717, 1.165) is 0 Å². The molecule has 0 fully saturated rings. The second kappa shape index (κ2) is 4.72. The average Bonchev–Trinajstić information content (AvgIpc) is 2.18. The Bertz CT molecular complexity index is 310. The SMILES string of the molecule is CCOC(=O)[C@@H](N)c1ccc(F)cc1. The van der Waals surface area contributed by atoms with Gasteiger partial charge in [0.15, 0.2) is 0 Å². The number of nitrogens with two attached hydrogens (primary N) is 1. The Kier molecular flexibility index (Phi) is 3.59. The van der Waals surface area contributed by atoms with E-state index in [0.29, 0.717) is 5.56 Å². The average molecular weight is 197 g/mol. The van der Waals surface area contributed by atoms with Gasteiger partial charge in [-0.25, -0.2) is 9.18 Å². The lowest BCUT2D eigenvalue weighted by atomic mass is 10.1. The molecule has 3 nitrogen and oxygen atoms in total. The van der Waals surface area contributed by atoms with Crippen LogP contribution in [0.5, 0.6) is 0 Å². The van der Waals surface area contributed by atoms with Gasteiger partial charge in [-0.2, -0.15) is 0 Å². The van der Waals surface area contributed by atoms with E-state index in [9.17, 15) is 9.18 Å². The topological polar surface area (TPSA) is 52.3 Å². The highest BCUT2D eigenvalue weighted by atomic mass is 19.1. The largest absolute Gasteiger partial charge is 0.465 e. The number of hydrogen-bond donors (Lipinski definition) is 1. The van der Waals surface area contributed by atoms with Crippen molar-refractivity contribution in [3.05, 3.63) is 35.6 Å². The summed E-state index contributed by atoms with van der Waals surface area (Å²) in [6, 6.07) is 4.62. The third-order valence-corrected chi connectivity index (χ3v) is 1.77. The molecule has 1 aromatic carbocycles. The fourth-order valence-electron chi connectivity index (χ4n) is 1.04. The van der Waals surface area contributed by atoms with Crippen LogP contribution in [-0.2, 0) is 9.53 Å². The van der Waals surface area contributed by atoms with Gasteiger partial charge in [-0.1, -0.05) is 12.1 Å². The zero-order valence-electron chi connectivity index (χ0n) is 7.87. The predicted octanol–water partition coefficient (Wildman–Crippen LogP) is 1.39. The van der Waals surface area contributed by atoms with E-state index < -0.39 is 12.0 Å². The molecule has 1 aromatic rings. The van der Waals surface area contributed by atoms with Crippen LogP contribution in [0.3, 0.4) is 0 Å². The number of hydrogen-bond acceptors (Lipinski definition) is 3. The zero-order chi connectivity index (χ0) is 10.6. The van der Waals surface area contributed by atoms with Crippen molar-refractivity contribution < 1.29 is 13.9 Å². The molecule has 0 aromatic heterocycles. The maximum absolute atomic E-state index is 12.5. The summed E-state index contributed by atoms with van der Waals surface area (Å²) in [6.45, 7) is 1.99. The summed E-state index contributed by atoms with van der Waals surface area (Å²) >= 11 is 0. The molecule has 0 radical (unpaired) electrons. The number of ether oxygens (including phenoxy) is 1. The summed E-state index contributed by atoms with van der Waals surface area (Å²) < 4.78 is 17.3. The van der Waals surface area contributed by atoms with Crippen LogP contribution in [0.25, 0.3) is 0 Å². The third-order valence-electron chi connectivity index (χ3n) is 1.77. The van der Waals surface area contributed by atoms with Crippen LogP contribution in [0.2, 0.25) is 0 Å². The first kappa shape index (κ1) is 10.7. The van der Waals surface area contributed by atoms with Crippen LogP contribution in [-0.4, -0.2) is 12.6 Å². The maximum atomic E-state index is 12.5. The van der Waals surface area contributed by atoms with Gasteiger partial charge in [-0.05, 0) is 24.6 Å². The smallest absolute Gasteiger partial charge is 0.327 e. The molecule has 14 heavy (non-hydrogen) atoms. The Morgan fingerprint density at radius 1 is 1.50 bits per heavy atom. The van der Waals surface area contributed by atoms with E-state index in [1.807, 2.05) is 0 Å². The summed E-state index contributed by atoms with van der Waals surface area (Å²) in [5, 5.41) is 0. The lowest BCUT2D eigenvalue weighted by molar-refractivity contribution is -0.144. The van der Waals surface area contributed by atoms with Gasteiger partial charge in [0.1, 0.15) is 11.9 Å².